The maximum Gasteiger partial charge on any atom is 0.161 e. The van der Waals surface area contributed by atoms with Crippen molar-refractivity contribution in [1.29, 1.82) is 0 Å². The summed E-state index contributed by atoms with van der Waals surface area (Å²) in [6, 6.07) is 60.3. The van der Waals surface area contributed by atoms with Gasteiger partial charge in [-0.3, -0.25) is 0 Å². The summed E-state index contributed by atoms with van der Waals surface area (Å²) in [6.45, 7) is 0. The van der Waals surface area contributed by atoms with Crippen molar-refractivity contribution in [3.05, 3.63) is 170 Å². The first-order valence-electron chi connectivity index (χ1n) is 15.7. The van der Waals surface area contributed by atoms with Crippen LogP contribution in [0.25, 0.3) is 88.1 Å². The number of aromatic nitrogens is 2. The molecule has 0 saturated carbocycles. The second-order valence-electron chi connectivity index (χ2n) is 11.7. The molecule has 1 heterocycles. The van der Waals surface area contributed by atoms with Gasteiger partial charge in [-0.15, -0.1) is 0 Å². The quantitative estimate of drug-likeness (QED) is 0.152. The summed E-state index contributed by atoms with van der Waals surface area (Å²) in [7, 11) is 0. The van der Waals surface area contributed by atoms with Gasteiger partial charge in [-0.05, 0) is 66.3 Å². The van der Waals surface area contributed by atoms with Crippen molar-refractivity contribution in [2.45, 2.75) is 0 Å². The van der Waals surface area contributed by atoms with Crippen LogP contribution in [-0.2, 0) is 0 Å². The van der Waals surface area contributed by atoms with E-state index in [1.807, 2.05) is 12.1 Å². The van der Waals surface area contributed by atoms with Crippen molar-refractivity contribution >= 4 is 43.1 Å². The Balaban J connectivity index is 1.41. The van der Waals surface area contributed by atoms with Gasteiger partial charge in [-0.2, -0.15) is 0 Å². The molecule has 9 aromatic rings. The van der Waals surface area contributed by atoms with E-state index in [0.29, 0.717) is 0 Å². The zero-order valence-corrected chi connectivity index (χ0v) is 25.1. The highest BCUT2D eigenvalue weighted by Gasteiger charge is 2.21. The summed E-state index contributed by atoms with van der Waals surface area (Å²) in [6.07, 6.45) is 0. The molecule has 8 aromatic carbocycles. The molecule has 46 heavy (non-hydrogen) atoms. The number of fused-ring (bicyclic) bond motifs is 5. The van der Waals surface area contributed by atoms with Crippen LogP contribution in [0.1, 0.15) is 0 Å². The van der Waals surface area contributed by atoms with Crippen molar-refractivity contribution < 1.29 is 0 Å². The molecule has 214 valence electrons. The van der Waals surface area contributed by atoms with Crippen molar-refractivity contribution in [3.8, 4) is 45.0 Å². The van der Waals surface area contributed by atoms with Crippen LogP contribution in [0.3, 0.4) is 0 Å². The van der Waals surface area contributed by atoms with Gasteiger partial charge in [0.2, 0.25) is 0 Å². The Morgan fingerprint density at radius 2 is 0.717 bits per heavy atom. The largest absolute Gasteiger partial charge is 0.228 e. The van der Waals surface area contributed by atoms with Gasteiger partial charge in [0.15, 0.2) is 5.82 Å². The van der Waals surface area contributed by atoms with Crippen LogP contribution in [0.5, 0.6) is 0 Å². The third-order valence-electron chi connectivity index (χ3n) is 9.06. The van der Waals surface area contributed by atoms with E-state index in [1.54, 1.807) is 0 Å². The van der Waals surface area contributed by atoms with Crippen molar-refractivity contribution in [2.24, 2.45) is 0 Å². The zero-order chi connectivity index (χ0) is 30.5. The zero-order valence-electron chi connectivity index (χ0n) is 25.1. The fourth-order valence-electron chi connectivity index (χ4n) is 6.99. The lowest BCUT2D eigenvalue weighted by atomic mass is 9.85. The van der Waals surface area contributed by atoms with Crippen molar-refractivity contribution in [3.63, 3.8) is 0 Å². The van der Waals surface area contributed by atoms with E-state index in [4.69, 9.17) is 9.97 Å². The van der Waals surface area contributed by atoms with Gasteiger partial charge >= 0.3 is 0 Å². The Bertz CT molecular complexity index is 2460. The first-order valence-corrected chi connectivity index (χ1v) is 15.7. The smallest absolute Gasteiger partial charge is 0.161 e. The van der Waals surface area contributed by atoms with E-state index >= 15 is 0 Å². The van der Waals surface area contributed by atoms with Crippen LogP contribution in [0.15, 0.2) is 170 Å². The monoisotopic (exact) mass is 584 g/mol. The maximum atomic E-state index is 5.28. The molecule has 0 N–H and O–H groups in total. The Morgan fingerprint density at radius 1 is 0.304 bits per heavy atom. The summed E-state index contributed by atoms with van der Waals surface area (Å²) in [5.74, 6) is 0.725. The van der Waals surface area contributed by atoms with Gasteiger partial charge < -0.3 is 0 Å². The van der Waals surface area contributed by atoms with Crippen LogP contribution >= 0.6 is 0 Å². The molecule has 0 atom stereocenters. The first kappa shape index (κ1) is 26.3. The van der Waals surface area contributed by atoms with Crippen molar-refractivity contribution in [1.82, 2.24) is 9.97 Å². The third-order valence-corrected chi connectivity index (χ3v) is 9.06. The third kappa shape index (κ3) is 4.27. The highest BCUT2D eigenvalue weighted by molar-refractivity contribution is 6.25. The van der Waals surface area contributed by atoms with Gasteiger partial charge in [0.1, 0.15) is 0 Å². The summed E-state index contributed by atoms with van der Waals surface area (Å²) in [5, 5.41) is 9.66. The molecule has 2 heteroatoms. The number of benzene rings is 8. The van der Waals surface area contributed by atoms with E-state index in [9.17, 15) is 0 Å². The van der Waals surface area contributed by atoms with E-state index in [0.717, 1.165) is 44.7 Å². The number of rotatable bonds is 4. The molecular formula is C44H28N2. The molecular weight excluding hydrogens is 556 g/mol. The molecule has 0 radical (unpaired) electrons. The topological polar surface area (TPSA) is 25.8 Å². The molecule has 0 spiro atoms. The lowest BCUT2D eigenvalue weighted by Crippen LogP contribution is -1.98. The molecule has 0 aliphatic heterocycles. The van der Waals surface area contributed by atoms with E-state index in [-0.39, 0.29) is 0 Å². The molecule has 0 amide bonds. The van der Waals surface area contributed by atoms with E-state index in [2.05, 4.69) is 158 Å². The molecule has 0 fully saturated rings. The molecule has 0 aliphatic rings. The van der Waals surface area contributed by atoms with Crippen LogP contribution in [0.2, 0.25) is 0 Å². The first-order chi connectivity index (χ1) is 22.8. The van der Waals surface area contributed by atoms with Crippen molar-refractivity contribution in [2.75, 3.05) is 0 Å². The number of nitrogens with zero attached hydrogens (tertiary/aromatic N) is 2. The van der Waals surface area contributed by atoms with E-state index in [1.165, 1.54) is 43.4 Å². The predicted molar refractivity (Wildman–Crippen MR) is 194 cm³/mol. The Hall–Kier alpha value is -6.12. The predicted octanol–water partition coefficient (Wildman–Crippen LogP) is 11.8. The summed E-state index contributed by atoms with van der Waals surface area (Å²) >= 11 is 0. The minimum atomic E-state index is 0.725. The number of hydrogen-bond donors (Lipinski definition) is 0. The average Bonchev–Trinajstić information content (AvgIpc) is 3.14. The minimum Gasteiger partial charge on any atom is -0.228 e. The second kappa shape index (κ2) is 10.8. The van der Waals surface area contributed by atoms with Crippen LogP contribution in [0.4, 0.5) is 0 Å². The normalized spacial score (nSPS) is 11.5. The summed E-state index contributed by atoms with van der Waals surface area (Å²) in [4.78, 5) is 10.6. The standard InChI is InChI=1S/C44H28N2/c1-3-15-29(16-4-1)40-28-41(30-17-5-2-6-18-30)46-44(45-40)43-37-25-13-11-23-35(37)42(36-24-12-14-26-38(36)43)39-27-31-19-7-8-20-32(31)33-21-9-10-22-34(33)39/h1-28H. The Labute approximate surface area is 267 Å². The van der Waals surface area contributed by atoms with Gasteiger partial charge in [-0.1, -0.05) is 158 Å². The average molecular weight is 585 g/mol. The summed E-state index contributed by atoms with van der Waals surface area (Å²) in [5.41, 5.74) is 7.46. The molecule has 1 aromatic heterocycles. The second-order valence-corrected chi connectivity index (χ2v) is 11.7. The molecule has 0 saturated heterocycles. The Kier molecular flexibility index (Phi) is 6.17. The van der Waals surface area contributed by atoms with Crippen LogP contribution in [-0.4, -0.2) is 9.97 Å². The Morgan fingerprint density at radius 3 is 1.26 bits per heavy atom. The lowest BCUT2D eigenvalue weighted by Gasteiger charge is -2.19. The lowest BCUT2D eigenvalue weighted by molar-refractivity contribution is 1.19. The fourth-order valence-corrected chi connectivity index (χ4v) is 6.99. The van der Waals surface area contributed by atoms with Gasteiger partial charge in [0.25, 0.3) is 0 Å². The van der Waals surface area contributed by atoms with Crippen LogP contribution < -0.4 is 0 Å². The van der Waals surface area contributed by atoms with Gasteiger partial charge in [0, 0.05) is 16.7 Å². The van der Waals surface area contributed by atoms with Gasteiger partial charge in [0.05, 0.1) is 11.4 Å². The SMILES string of the molecule is c1ccc(-c2cc(-c3ccccc3)nc(-c3c4ccccc4c(-c4cc5ccccc5c5ccccc45)c4ccccc34)n2)cc1. The number of hydrogen-bond acceptors (Lipinski definition) is 2. The summed E-state index contributed by atoms with van der Waals surface area (Å²) < 4.78 is 0. The molecule has 9 rings (SSSR count). The van der Waals surface area contributed by atoms with E-state index < -0.39 is 0 Å². The molecule has 2 nitrogen and oxygen atoms in total. The maximum absolute atomic E-state index is 5.28. The highest BCUT2D eigenvalue weighted by atomic mass is 14.9. The minimum absolute atomic E-state index is 0.725. The molecule has 0 bridgehead atoms. The molecule has 0 aliphatic carbocycles. The molecule has 0 unspecified atom stereocenters. The van der Waals surface area contributed by atoms with Gasteiger partial charge in [-0.25, -0.2) is 9.97 Å². The van der Waals surface area contributed by atoms with Crippen LogP contribution in [0, 0.1) is 0 Å². The fraction of sp³-hybridized carbons (Fsp3) is 0. The highest BCUT2D eigenvalue weighted by Crippen LogP contribution is 2.46.